The lowest BCUT2D eigenvalue weighted by Gasteiger charge is -2.25. The summed E-state index contributed by atoms with van der Waals surface area (Å²) in [6.07, 6.45) is 3.58. The number of hydrogen-bond acceptors (Lipinski definition) is 3. The van der Waals surface area contributed by atoms with Gasteiger partial charge in [0.15, 0.2) is 6.61 Å². The summed E-state index contributed by atoms with van der Waals surface area (Å²) in [6.45, 7) is 0.642. The van der Waals surface area contributed by atoms with E-state index in [1.165, 1.54) is 0 Å². The lowest BCUT2D eigenvalue weighted by Crippen LogP contribution is -2.35. The molecule has 2 N–H and O–H groups in total. The molecule has 0 radical (unpaired) electrons. The number of ether oxygens (including phenoxy) is 1. The van der Waals surface area contributed by atoms with Gasteiger partial charge in [-0.05, 0) is 43.4 Å². The van der Waals surface area contributed by atoms with Crippen molar-refractivity contribution in [3.63, 3.8) is 0 Å². The second kappa shape index (κ2) is 7.64. The summed E-state index contributed by atoms with van der Waals surface area (Å²) in [5, 5.41) is 12.5. The minimum absolute atomic E-state index is 0.0196. The second-order valence-corrected chi connectivity index (χ2v) is 6.15. The van der Waals surface area contributed by atoms with Crippen molar-refractivity contribution in [2.75, 3.05) is 13.2 Å². The summed E-state index contributed by atoms with van der Waals surface area (Å²) in [7, 11) is 0. The Kier molecular flexibility index (Phi) is 5.86. The van der Waals surface area contributed by atoms with Gasteiger partial charge in [0, 0.05) is 11.0 Å². The van der Waals surface area contributed by atoms with E-state index in [9.17, 15) is 9.90 Å². The summed E-state index contributed by atoms with van der Waals surface area (Å²) in [5.74, 6) is 0.932. The molecule has 1 aliphatic rings. The molecule has 1 aromatic carbocycles. The van der Waals surface area contributed by atoms with Gasteiger partial charge in [0.2, 0.25) is 0 Å². The number of amides is 1. The van der Waals surface area contributed by atoms with Crippen molar-refractivity contribution < 1.29 is 14.6 Å². The van der Waals surface area contributed by atoms with Crippen LogP contribution in [0, 0.1) is 5.92 Å². The van der Waals surface area contributed by atoms with E-state index in [0.29, 0.717) is 18.2 Å². The SMILES string of the molecule is O=C(COc1cccc(Br)c1)NCC1CCCC(O)C1. The molecular weight excluding hydrogens is 322 g/mol. The van der Waals surface area contributed by atoms with Gasteiger partial charge >= 0.3 is 0 Å². The Morgan fingerprint density at radius 1 is 1.45 bits per heavy atom. The highest BCUT2D eigenvalue weighted by Crippen LogP contribution is 2.23. The van der Waals surface area contributed by atoms with Crippen LogP contribution < -0.4 is 10.1 Å². The summed E-state index contributed by atoms with van der Waals surface area (Å²) in [5.41, 5.74) is 0. The first-order valence-corrected chi connectivity index (χ1v) is 7.76. The maximum Gasteiger partial charge on any atom is 0.257 e. The lowest BCUT2D eigenvalue weighted by atomic mass is 9.87. The third-order valence-electron chi connectivity index (χ3n) is 3.51. The van der Waals surface area contributed by atoms with Crippen molar-refractivity contribution in [3.05, 3.63) is 28.7 Å². The lowest BCUT2D eigenvalue weighted by molar-refractivity contribution is -0.123. The van der Waals surface area contributed by atoms with Gasteiger partial charge in [-0.1, -0.05) is 28.4 Å². The number of halogens is 1. The average Bonchev–Trinajstić information content (AvgIpc) is 2.43. The Morgan fingerprint density at radius 2 is 2.30 bits per heavy atom. The molecule has 0 bridgehead atoms. The van der Waals surface area contributed by atoms with Crippen LogP contribution in [0.4, 0.5) is 0 Å². The second-order valence-electron chi connectivity index (χ2n) is 5.24. The third kappa shape index (κ3) is 5.13. The molecule has 1 aromatic rings. The van der Waals surface area contributed by atoms with Crippen LogP contribution >= 0.6 is 15.9 Å². The molecule has 1 fully saturated rings. The van der Waals surface area contributed by atoms with Gasteiger partial charge in [-0.15, -0.1) is 0 Å². The zero-order valence-electron chi connectivity index (χ0n) is 11.3. The molecule has 0 spiro atoms. The van der Waals surface area contributed by atoms with Crippen LogP contribution in [0.3, 0.4) is 0 Å². The molecule has 0 aromatic heterocycles. The summed E-state index contributed by atoms with van der Waals surface area (Å²) >= 11 is 3.35. The smallest absolute Gasteiger partial charge is 0.257 e. The Hall–Kier alpha value is -1.07. The van der Waals surface area contributed by atoms with Crippen LogP contribution in [-0.4, -0.2) is 30.3 Å². The molecule has 2 unspecified atom stereocenters. The fourth-order valence-corrected chi connectivity index (χ4v) is 2.84. The molecule has 2 atom stereocenters. The number of carbonyl (C=O) groups is 1. The maximum absolute atomic E-state index is 11.7. The fraction of sp³-hybridized carbons (Fsp3) is 0.533. The van der Waals surface area contributed by atoms with Crippen molar-refractivity contribution in [1.82, 2.24) is 5.32 Å². The van der Waals surface area contributed by atoms with E-state index in [1.54, 1.807) is 0 Å². The Morgan fingerprint density at radius 3 is 3.05 bits per heavy atom. The fourth-order valence-electron chi connectivity index (χ4n) is 2.46. The molecule has 0 aliphatic heterocycles. The van der Waals surface area contributed by atoms with Crippen LogP contribution in [-0.2, 0) is 4.79 Å². The van der Waals surface area contributed by atoms with E-state index in [-0.39, 0.29) is 18.6 Å². The van der Waals surface area contributed by atoms with Crippen molar-refractivity contribution in [3.8, 4) is 5.75 Å². The van der Waals surface area contributed by atoms with Crippen LogP contribution in [0.2, 0.25) is 0 Å². The zero-order valence-corrected chi connectivity index (χ0v) is 12.9. The number of carbonyl (C=O) groups excluding carboxylic acids is 1. The van der Waals surface area contributed by atoms with Crippen molar-refractivity contribution in [1.29, 1.82) is 0 Å². The first-order chi connectivity index (χ1) is 9.63. The van der Waals surface area contributed by atoms with Gasteiger partial charge in [-0.2, -0.15) is 0 Å². The number of aliphatic hydroxyl groups excluding tert-OH is 1. The first kappa shape index (κ1) is 15.3. The molecule has 1 saturated carbocycles. The number of hydrogen-bond donors (Lipinski definition) is 2. The van der Waals surface area contributed by atoms with E-state index < -0.39 is 0 Å². The Balaban J connectivity index is 1.67. The highest BCUT2D eigenvalue weighted by Gasteiger charge is 2.20. The maximum atomic E-state index is 11.7. The topological polar surface area (TPSA) is 58.6 Å². The summed E-state index contributed by atoms with van der Waals surface area (Å²) in [4.78, 5) is 11.7. The molecule has 4 nitrogen and oxygen atoms in total. The predicted molar refractivity (Wildman–Crippen MR) is 80.6 cm³/mol. The van der Waals surface area contributed by atoms with Crippen LogP contribution in [0.15, 0.2) is 28.7 Å². The minimum atomic E-state index is -0.205. The normalized spacial score (nSPS) is 22.3. The molecular formula is C15H20BrNO3. The molecule has 0 saturated heterocycles. The highest BCUT2D eigenvalue weighted by molar-refractivity contribution is 9.10. The standard InChI is InChI=1S/C15H20BrNO3/c16-12-4-2-6-14(8-12)20-10-15(19)17-9-11-3-1-5-13(18)7-11/h2,4,6,8,11,13,18H,1,3,5,7,9-10H2,(H,17,19). The van der Waals surface area contributed by atoms with Gasteiger partial charge in [0.05, 0.1) is 6.10 Å². The molecule has 0 heterocycles. The Bertz CT molecular complexity index is 452. The van der Waals surface area contributed by atoms with Crippen molar-refractivity contribution in [2.45, 2.75) is 31.8 Å². The predicted octanol–water partition coefficient (Wildman–Crippen LogP) is 2.50. The summed E-state index contributed by atoms with van der Waals surface area (Å²) < 4.78 is 6.34. The van der Waals surface area contributed by atoms with Crippen LogP contribution in [0.1, 0.15) is 25.7 Å². The highest BCUT2D eigenvalue weighted by atomic mass is 79.9. The monoisotopic (exact) mass is 341 g/mol. The van der Waals surface area contributed by atoms with Gasteiger partial charge in [0.25, 0.3) is 5.91 Å². The number of rotatable bonds is 5. The van der Waals surface area contributed by atoms with E-state index in [0.717, 1.165) is 30.2 Å². The van der Waals surface area contributed by atoms with E-state index >= 15 is 0 Å². The van der Waals surface area contributed by atoms with Gasteiger partial charge in [0.1, 0.15) is 5.75 Å². The van der Waals surface area contributed by atoms with Crippen LogP contribution in [0.25, 0.3) is 0 Å². The Labute approximate surface area is 127 Å². The quantitative estimate of drug-likeness (QED) is 0.864. The van der Waals surface area contributed by atoms with Gasteiger partial charge in [-0.3, -0.25) is 4.79 Å². The molecule has 5 heteroatoms. The molecule has 20 heavy (non-hydrogen) atoms. The molecule has 1 amide bonds. The van der Waals surface area contributed by atoms with E-state index in [1.807, 2.05) is 24.3 Å². The van der Waals surface area contributed by atoms with E-state index in [4.69, 9.17) is 4.74 Å². The minimum Gasteiger partial charge on any atom is -0.484 e. The molecule has 110 valence electrons. The van der Waals surface area contributed by atoms with Gasteiger partial charge in [-0.25, -0.2) is 0 Å². The van der Waals surface area contributed by atoms with Crippen molar-refractivity contribution in [2.24, 2.45) is 5.92 Å². The number of aliphatic hydroxyl groups is 1. The summed E-state index contributed by atoms with van der Waals surface area (Å²) in [6, 6.07) is 7.41. The average molecular weight is 342 g/mol. The van der Waals surface area contributed by atoms with Gasteiger partial charge < -0.3 is 15.2 Å². The molecule has 2 rings (SSSR count). The molecule has 1 aliphatic carbocycles. The third-order valence-corrected chi connectivity index (χ3v) is 4.00. The largest absolute Gasteiger partial charge is 0.484 e. The van der Waals surface area contributed by atoms with Crippen LogP contribution in [0.5, 0.6) is 5.75 Å². The zero-order chi connectivity index (χ0) is 14.4. The van der Waals surface area contributed by atoms with E-state index in [2.05, 4.69) is 21.2 Å². The first-order valence-electron chi connectivity index (χ1n) is 6.96. The van der Waals surface area contributed by atoms with Crippen molar-refractivity contribution >= 4 is 21.8 Å². The number of benzene rings is 1. The number of nitrogens with one attached hydrogen (secondary N) is 1.